The van der Waals surface area contributed by atoms with Crippen molar-refractivity contribution in [2.75, 3.05) is 35.3 Å². The molecule has 2 aliphatic rings. The van der Waals surface area contributed by atoms with E-state index < -0.39 is 0 Å². The lowest BCUT2D eigenvalue weighted by Crippen LogP contribution is -2.53. The lowest BCUT2D eigenvalue weighted by Gasteiger charge is -2.46. The molecular weight excluding hydrogens is 314 g/mol. The highest BCUT2D eigenvalue weighted by molar-refractivity contribution is 6.07. The summed E-state index contributed by atoms with van der Waals surface area (Å²) >= 11 is 0. The Hall–Kier alpha value is -2.63. The number of nitrogens with one attached hydrogen (secondary N) is 1. The fraction of sp³-hybridized carbons (Fsp3) is 0.421. The quantitative estimate of drug-likeness (QED) is 0.913. The first-order valence-electron chi connectivity index (χ1n) is 8.88. The average molecular weight is 337 g/mol. The predicted molar refractivity (Wildman–Crippen MR) is 99.4 cm³/mol. The van der Waals surface area contributed by atoms with E-state index in [1.165, 1.54) is 12.8 Å². The molecular formula is C19H23N5O. The van der Waals surface area contributed by atoms with Gasteiger partial charge in [-0.2, -0.15) is 0 Å². The third-order valence-electron chi connectivity index (χ3n) is 5.04. The third-order valence-corrected chi connectivity index (χ3v) is 5.04. The molecule has 3 heterocycles. The smallest absolute Gasteiger partial charge is 0.277 e. The van der Waals surface area contributed by atoms with Crippen LogP contribution < -0.4 is 15.1 Å². The highest BCUT2D eigenvalue weighted by atomic mass is 16.2. The molecule has 0 bridgehead atoms. The minimum absolute atomic E-state index is 0.0559. The molecule has 1 saturated heterocycles. The summed E-state index contributed by atoms with van der Waals surface area (Å²) in [5, 5.41) is 2.93. The van der Waals surface area contributed by atoms with Gasteiger partial charge in [0.1, 0.15) is 5.69 Å². The van der Waals surface area contributed by atoms with Gasteiger partial charge >= 0.3 is 0 Å². The van der Waals surface area contributed by atoms with E-state index in [0.717, 1.165) is 30.0 Å². The second-order valence-corrected chi connectivity index (χ2v) is 6.72. The van der Waals surface area contributed by atoms with E-state index in [1.54, 1.807) is 13.1 Å². The molecule has 1 aromatic carbocycles. The molecule has 4 rings (SSSR count). The monoisotopic (exact) mass is 337 g/mol. The Morgan fingerprint density at radius 3 is 2.80 bits per heavy atom. The lowest BCUT2D eigenvalue weighted by molar-refractivity contribution is 0.0977. The third kappa shape index (κ3) is 2.81. The van der Waals surface area contributed by atoms with Crippen LogP contribution in [0.15, 0.2) is 30.3 Å². The van der Waals surface area contributed by atoms with Crippen LogP contribution in [0.3, 0.4) is 0 Å². The van der Waals surface area contributed by atoms with Crippen LogP contribution in [0, 0.1) is 6.92 Å². The van der Waals surface area contributed by atoms with Crippen LogP contribution >= 0.6 is 0 Å². The van der Waals surface area contributed by atoms with Crippen LogP contribution in [0.25, 0.3) is 0 Å². The van der Waals surface area contributed by atoms with E-state index in [9.17, 15) is 4.79 Å². The molecule has 0 unspecified atom stereocenters. The maximum Gasteiger partial charge on any atom is 0.277 e. The first-order valence-corrected chi connectivity index (χ1v) is 8.88. The number of aromatic nitrogens is 2. The number of nitrogens with zero attached hydrogens (tertiary/aromatic N) is 4. The van der Waals surface area contributed by atoms with Gasteiger partial charge in [-0.05, 0) is 44.4 Å². The van der Waals surface area contributed by atoms with Gasteiger partial charge in [0, 0.05) is 31.9 Å². The molecule has 0 aliphatic carbocycles. The minimum atomic E-state index is -0.0559. The molecule has 6 heteroatoms. The van der Waals surface area contributed by atoms with Crippen LogP contribution in [0.5, 0.6) is 0 Å². The number of amides is 1. The number of aryl methyl sites for hydroxylation is 1. The highest BCUT2D eigenvalue weighted by Crippen LogP contribution is 2.39. The van der Waals surface area contributed by atoms with Crippen molar-refractivity contribution in [3.05, 3.63) is 41.7 Å². The van der Waals surface area contributed by atoms with Crippen molar-refractivity contribution in [3.8, 4) is 0 Å². The molecule has 1 amide bonds. The average Bonchev–Trinajstić information content (AvgIpc) is 2.66. The van der Waals surface area contributed by atoms with Crippen molar-refractivity contribution < 1.29 is 4.79 Å². The van der Waals surface area contributed by atoms with Crippen molar-refractivity contribution in [3.63, 3.8) is 0 Å². The van der Waals surface area contributed by atoms with Crippen LogP contribution in [0.2, 0.25) is 0 Å². The van der Waals surface area contributed by atoms with Gasteiger partial charge in [-0.3, -0.25) is 4.79 Å². The summed E-state index contributed by atoms with van der Waals surface area (Å²) in [7, 11) is 1.76. The SMILES string of the molecule is CNc1nc(C)cc(C(=O)N2C[C@H]3CCCCN3c3ccccc32)n1. The maximum atomic E-state index is 13.2. The Morgan fingerprint density at radius 1 is 1.20 bits per heavy atom. The Morgan fingerprint density at radius 2 is 2.00 bits per heavy atom. The van der Waals surface area contributed by atoms with E-state index >= 15 is 0 Å². The zero-order chi connectivity index (χ0) is 17.4. The van der Waals surface area contributed by atoms with E-state index in [1.807, 2.05) is 30.0 Å². The minimum Gasteiger partial charge on any atom is -0.365 e. The number of rotatable bonds is 2. The second-order valence-electron chi connectivity index (χ2n) is 6.72. The number of fused-ring (bicyclic) bond motifs is 3. The maximum absolute atomic E-state index is 13.2. The number of anilines is 3. The molecule has 0 saturated carbocycles. The fourth-order valence-electron chi connectivity index (χ4n) is 3.87. The van der Waals surface area contributed by atoms with Crippen molar-refractivity contribution in [1.29, 1.82) is 0 Å². The zero-order valence-electron chi connectivity index (χ0n) is 14.7. The molecule has 0 radical (unpaired) electrons. The molecule has 2 aromatic rings. The van der Waals surface area contributed by atoms with Crippen molar-refractivity contribution in [2.45, 2.75) is 32.2 Å². The zero-order valence-corrected chi connectivity index (χ0v) is 14.7. The number of carbonyl (C=O) groups is 1. The first kappa shape index (κ1) is 15.9. The van der Waals surface area contributed by atoms with Crippen molar-refractivity contribution in [2.24, 2.45) is 0 Å². The van der Waals surface area contributed by atoms with Gasteiger partial charge in [0.05, 0.1) is 11.4 Å². The van der Waals surface area contributed by atoms with E-state index in [-0.39, 0.29) is 5.91 Å². The van der Waals surface area contributed by atoms with Crippen molar-refractivity contribution >= 4 is 23.2 Å². The Kier molecular flexibility index (Phi) is 4.03. The van der Waals surface area contributed by atoms with Crippen molar-refractivity contribution in [1.82, 2.24) is 9.97 Å². The summed E-state index contributed by atoms with van der Waals surface area (Å²) in [6.07, 6.45) is 3.57. The number of benzene rings is 1. The van der Waals surface area contributed by atoms with Crippen LogP contribution in [-0.2, 0) is 0 Å². The van der Waals surface area contributed by atoms with E-state index in [2.05, 4.69) is 26.3 Å². The fourth-order valence-corrected chi connectivity index (χ4v) is 3.87. The van der Waals surface area contributed by atoms with Crippen LogP contribution in [0.4, 0.5) is 17.3 Å². The van der Waals surface area contributed by atoms with Crippen LogP contribution in [-0.4, -0.2) is 42.1 Å². The normalized spacial score (nSPS) is 19.2. The predicted octanol–water partition coefficient (Wildman–Crippen LogP) is 2.85. The molecule has 130 valence electrons. The molecule has 6 nitrogen and oxygen atoms in total. The molecule has 25 heavy (non-hydrogen) atoms. The Bertz CT molecular complexity index is 806. The largest absolute Gasteiger partial charge is 0.365 e. The number of piperidine rings is 1. The number of hydrogen-bond donors (Lipinski definition) is 1. The highest BCUT2D eigenvalue weighted by Gasteiger charge is 2.35. The second kappa shape index (κ2) is 6.35. The molecule has 1 N–H and O–H groups in total. The van der Waals surface area contributed by atoms with Gasteiger partial charge in [0.15, 0.2) is 0 Å². The molecule has 0 spiro atoms. The summed E-state index contributed by atoms with van der Waals surface area (Å²) in [6.45, 7) is 3.67. The standard InChI is InChI=1S/C19H23N5O/c1-13-11-15(22-19(20-2)21-13)18(25)24-12-14-7-5-6-10-23(14)16-8-3-4-9-17(16)24/h3-4,8-9,11,14H,5-7,10,12H2,1-2H3,(H,20,21,22)/t14-/m1/s1. The number of hydrogen-bond acceptors (Lipinski definition) is 5. The Balaban J connectivity index is 1.74. The molecule has 1 fully saturated rings. The van der Waals surface area contributed by atoms with Gasteiger partial charge in [-0.1, -0.05) is 12.1 Å². The topological polar surface area (TPSA) is 61.4 Å². The van der Waals surface area contributed by atoms with Gasteiger partial charge in [0.2, 0.25) is 5.95 Å². The van der Waals surface area contributed by atoms with Gasteiger partial charge < -0.3 is 15.1 Å². The van der Waals surface area contributed by atoms with Gasteiger partial charge in [0.25, 0.3) is 5.91 Å². The number of carbonyl (C=O) groups excluding carboxylic acids is 1. The van der Waals surface area contributed by atoms with Gasteiger partial charge in [-0.25, -0.2) is 9.97 Å². The Labute approximate surface area is 147 Å². The van der Waals surface area contributed by atoms with Gasteiger partial charge in [-0.15, -0.1) is 0 Å². The summed E-state index contributed by atoms with van der Waals surface area (Å²) in [5.74, 6) is 0.424. The molecule has 2 aliphatic heterocycles. The first-order chi connectivity index (χ1) is 12.2. The van der Waals surface area contributed by atoms with E-state index in [0.29, 0.717) is 24.2 Å². The van der Waals surface area contributed by atoms with Crippen LogP contribution in [0.1, 0.15) is 35.4 Å². The summed E-state index contributed by atoms with van der Waals surface area (Å²) in [6, 6.07) is 10.3. The number of para-hydroxylation sites is 2. The molecule has 1 aromatic heterocycles. The summed E-state index contributed by atoms with van der Waals surface area (Å²) in [5.41, 5.74) is 3.36. The lowest BCUT2D eigenvalue weighted by atomic mass is 9.96. The summed E-state index contributed by atoms with van der Waals surface area (Å²) in [4.78, 5) is 26.3. The molecule has 1 atom stereocenters. The van der Waals surface area contributed by atoms with E-state index in [4.69, 9.17) is 0 Å². The summed E-state index contributed by atoms with van der Waals surface area (Å²) < 4.78 is 0.